The lowest BCUT2D eigenvalue weighted by atomic mass is 10.1. The Morgan fingerprint density at radius 3 is 2.43 bits per heavy atom. The summed E-state index contributed by atoms with van der Waals surface area (Å²) in [6, 6.07) is 11.3. The number of nitrogens with one attached hydrogen (secondary N) is 1. The van der Waals surface area contributed by atoms with Crippen LogP contribution in [0.5, 0.6) is 11.5 Å². The van der Waals surface area contributed by atoms with Gasteiger partial charge in [0.2, 0.25) is 5.91 Å². The molecule has 0 heterocycles. The summed E-state index contributed by atoms with van der Waals surface area (Å²) in [7, 11) is 3.14. The topological polar surface area (TPSA) is 47.6 Å². The fourth-order valence-corrected chi connectivity index (χ4v) is 2.52. The van der Waals surface area contributed by atoms with E-state index in [2.05, 4.69) is 21.2 Å². The molecular formula is C18H18BrNO3. The van der Waals surface area contributed by atoms with Gasteiger partial charge in [-0.1, -0.05) is 33.6 Å². The number of methoxy groups -OCH3 is 2. The molecule has 23 heavy (non-hydrogen) atoms. The number of rotatable bonds is 5. The normalized spacial score (nSPS) is 10.6. The Labute approximate surface area is 144 Å². The summed E-state index contributed by atoms with van der Waals surface area (Å²) in [5, 5.41) is 2.81. The first kappa shape index (κ1) is 17.1. The first-order valence-electron chi connectivity index (χ1n) is 7.00. The largest absolute Gasteiger partial charge is 0.493 e. The Hall–Kier alpha value is -2.27. The van der Waals surface area contributed by atoms with Crippen molar-refractivity contribution >= 4 is 33.6 Å². The van der Waals surface area contributed by atoms with Crippen LogP contribution in [0.25, 0.3) is 6.08 Å². The Morgan fingerprint density at radius 2 is 1.83 bits per heavy atom. The molecule has 0 saturated carbocycles. The van der Waals surface area contributed by atoms with Crippen LogP contribution < -0.4 is 14.8 Å². The van der Waals surface area contributed by atoms with Crippen LogP contribution in [-0.4, -0.2) is 20.1 Å². The Balaban J connectivity index is 2.17. The Bertz CT molecular complexity index is 724. The van der Waals surface area contributed by atoms with Crippen molar-refractivity contribution < 1.29 is 14.3 Å². The maximum absolute atomic E-state index is 12.0. The van der Waals surface area contributed by atoms with Gasteiger partial charge in [-0.05, 0) is 37.3 Å². The van der Waals surface area contributed by atoms with Gasteiger partial charge in [-0.15, -0.1) is 0 Å². The smallest absolute Gasteiger partial charge is 0.248 e. The fraction of sp³-hybridized carbons (Fsp3) is 0.167. The summed E-state index contributed by atoms with van der Waals surface area (Å²) < 4.78 is 11.5. The van der Waals surface area contributed by atoms with Crippen LogP contribution in [0.3, 0.4) is 0 Å². The van der Waals surface area contributed by atoms with Crippen molar-refractivity contribution in [1.29, 1.82) is 0 Å². The zero-order chi connectivity index (χ0) is 16.8. The van der Waals surface area contributed by atoms with Gasteiger partial charge in [0.05, 0.1) is 14.2 Å². The third-order valence-corrected chi connectivity index (χ3v) is 3.66. The molecule has 4 nitrogen and oxygen atoms in total. The molecule has 0 spiro atoms. The molecule has 0 bridgehead atoms. The minimum Gasteiger partial charge on any atom is -0.493 e. The summed E-state index contributed by atoms with van der Waals surface area (Å²) in [6.07, 6.45) is 3.15. The van der Waals surface area contributed by atoms with E-state index in [1.807, 2.05) is 43.3 Å². The molecule has 2 aromatic carbocycles. The first-order valence-corrected chi connectivity index (χ1v) is 7.80. The van der Waals surface area contributed by atoms with E-state index in [0.29, 0.717) is 11.5 Å². The SMILES string of the molecule is COc1cc(Br)cc(C=CC(=O)Nc2ccc(C)cc2)c1OC. The fourth-order valence-electron chi connectivity index (χ4n) is 2.07. The predicted molar refractivity (Wildman–Crippen MR) is 96.1 cm³/mol. The minimum absolute atomic E-state index is 0.213. The van der Waals surface area contributed by atoms with E-state index in [9.17, 15) is 4.79 Å². The second-order valence-corrected chi connectivity index (χ2v) is 5.83. The van der Waals surface area contributed by atoms with Gasteiger partial charge in [0.25, 0.3) is 0 Å². The lowest BCUT2D eigenvalue weighted by Crippen LogP contribution is -2.07. The summed E-state index contributed by atoms with van der Waals surface area (Å²) in [4.78, 5) is 12.0. The zero-order valence-electron chi connectivity index (χ0n) is 13.2. The van der Waals surface area contributed by atoms with Crippen molar-refractivity contribution in [3.05, 3.63) is 58.1 Å². The highest BCUT2D eigenvalue weighted by Crippen LogP contribution is 2.35. The average Bonchev–Trinajstić information content (AvgIpc) is 2.54. The molecule has 0 atom stereocenters. The number of carbonyl (C=O) groups excluding carboxylic acids is 1. The van der Waals surface area contributed by atoms with Gasteiger partial charge < -0.3 is 14.8 Å². The molecule has 0 aromatic heterocycles. The van der Waals surface area contributed by atoms with Crippen molar-refractivity contribution in [2.24, 2.45) is 0 Å². The second kappa shape index (κ2) is 7.83. The summed E-state index contributed by atoms with van der Waals surface area (Å²) in [5.74, 6) is 0.963. The highest BCUT2D eigenvalue weighted by molar-refractivity contribution is 9.10. The molecule has 0 aliphatic rings. The standard InChI is InChI=1S/C18H18BrNO3/c1-12-4-7-15(8-5-12)20-17(21)9-6-13-10-14(19)11-16(22-2)18(13)23-3/h4-11H,1-3H3,(H,20,21). The number of hydrogen-bond donors (Lipinski definition) is 1. The van der Waals surface area contributed by atoms with E-state index < -0.39 is 0 Å². The van der Waals surface area contributed by atoms with Crippen LogP contribution in [0.2, 0.25) is 0 Å². The number of amides is 1. The molecule has 0 radical (unpaired) electrons. The number of anilines is 1. The van der Waals surface area contributed by atoms with Gasteiger partial charge in [0.1, 0.15) is 0 Å². The molecule has 120 valence electrons. The quantitative estimate of drug-likeness (QED) is 0.786. The number of carbonyl (C=O) groups is 1. The molecule has 5 heteroatoms. The van der Waals surface area contributed by atoms with E-state index in [1.54, 1.807) is 20.3 Å². The van der Waals surface area contributed by atoms with Crippen molar-refractivity contribution in [3.8, 4) is 11.5 Å². The number of halogens is 1. The van der Waals surface area contributed by atoms with Crippen LogP contribution in [0, 0.1) is 6.92 Å². The van der Waals surface area contributed by atoms with Crippen LogP contribution >= 0.6 is 15.9 Å². The van der Waals surface area contributed by atoms with Gasteiger partial charge in [0.15, 0.2) is 11.5 Å². The van der Waals surface area contributed by atoms with Gasteiger partial charge in [-0.2, -0.15) is 0 Å². The van der Waals surface area contributed by atoms with E-state index in [1.165, 1.54) is 6.08 Å². The average molecular weight is 376 g/mol. The van der Waals surface area contributed by atoms with Gasteiger partial charge >= 0.3 is 0 Å². The number of ether oxygens (including phenoxy) is 2. The maximum Gasteiger partial charge on any atom is 0.248 e. The van der Waals surface area contributed by atoms with Crippen molar-refractivity contribution in [3.63, 3.8) is 0 Å². The molecule has 0 fully saturated rings. The molecular weight excluding hydrogens is 358 g/mol. The maximum atomic E-state index is 12.0. The zero-order valence-corrected chi connectivity index (χ0v) is 14.8. The number of hydrogen-bond acceptors (Lipinski definition) is 3. The summed E-state index contributed by atoms with van der Waals surface area (Å²) in [6.45, 7) is 2.00. The third-order valence-electron chi connectivity index (χ3n) is 3.21. The lowest BCUT2D eigenvalue weighted by molar-refractivity contribution is -0.111. The molecule has 2 rings (SSSR count). The lowest BCUT2D eigenvalue weighted by Gasteiger charge is -2.11. The number of aryl methyl sites for hydroxylation is 1. The van der Waals surface area contributed by atoms with Crippen LogP contribution in [0.1, 0.15) is 11.1 Å². The van der Waals surface area contributed by atoms with Crippen LogP contribution in [-0.2, 0) is 4.79 Å². The van der Waals surface area contributed by atoms with Gasteiger partial charge in [-0.25, -0.2) is 0 Å². The third kappa shape index (κ3) is 4.60. The van der Waals surface area contributed by atoms with Gasteiger partial charge in [0, 0.05) is 21.8 Å². The Morgan fingerprint density at radius 1 is 1.13 bits per heavy atom. The number of benzene rings is 2. The van der Waals surface area contributed by atoms with Crippen molar-refractivity contribution in [1.82, 2.24) is 0 Å². The molecule has 0 saturated heterocycles. The second-order valence-electron chi connectivity index (χ2n) is 4.92. The Kier molecular flexibility index (Phi) is 5.82. The summed E-state index contributed by atoms with van der Waals surface area (Å²) >= 11 is 3.41. The van der Waals surface area contributed by atoms with Crippen molar-refractivity contribution in [2.45, 2.75) is 6.92 Å². The van der Waals surface area contributed by atoms with Crippen molar-refractivity contribution in [2.75, 3.05) is 19.5 Å². The predicted octanol–water partition coefficient (Wildman–Crippen LogP) is 4.43. The highest BCUT2D eigenvalue weighted by atomic mass is 79.9. The molecule has 0 unspecified atom stereocenters. The molecule has 0 aliphatic carbocycles. The van der Waals surface area contributed by atoms with E-state index in [4.69, 9.17) is 9.47 Å². The first-order chi connectivity index (χ1) is 11.0. The highest BCUT2D eigenvalue weighted by Gasteiger charge is 2.10. The van der Waals surface area contributed by atoms with E-state index in [-0.39, 0.29) is 5.91 Å². The monoisotopic (exact) mass is 375 g/mol. The minimum atomic E-state index is -0.213. The van der Waals surface area contributed by atoms with E-state index in [0.717, 1.165) is 21.3 Å². The molecule has 1 N–H and O–H groups in total. The van der Waals surface area contributed by atoms with Crippen LogP contribution in [0.15, 0.2) is 46.9 Å². The summed E-state index contributed by atoms with van der Waals surface area (Å²) in [5.41, 5.74) is 2.64. The molecule has 1 amide bonds. The van der Waals surface area contributed by atoms with E-state index >= 15 is 0 Å². The molecule has 2 aromatic rings. The van der Waals surface area contributed by atoms with Crippen LogP contribution in [0.4, 0.5) is 5.69 Å². The van der Waals surface area contributed by atoms with Gasteiger partial charge in [-0.3, -0.25) is 4.79 Å². The molecule has 0 aliphatic heterocycles.